The Bertz CT molecular complexity index is 5730. The molecule has 19 N–H and O–H groups in total. The van der Waals surface area contributed by atoms with Crippen LogP contribution in [0.4, 0.5) is 52.7 Å². The highest BCUT2D eigenvalue weighted by Gasteiger charge is 2.57. The molecule has 8 unspecified atom stereocenters. The van der Waals surface area contributed by atoms with Gasteiger partial charge in [0.2, 0.25) is 0 Å². The Morgan fingerprint density at radius 3 is 0.887 bits per heavy atom. The summed E-state index contributed by atoms with van der Waals surface area (Å²) in [6, 6.07) is 0. The number of alkyl halides is 12. The van der Waals surface area contributed by atoms with Gasteiger partial charge in [0.15, 0.2) is 24.9 Å². The van der Waals surface area contributed by atoms with Gasteiger partial charge >= 0.3 is 124 Å². The Morgan fingerprint density at radius 1 is 0.414 bits per heavy atom. The van der Waals surface area contributed by atoms with E-state index in [2.05, 4.69) is 35.1 Å². The van der Waals surface area contributed by atoms with E-state index in [9.17, 15) is 198 Å². The zero-order chi connectivity index (χ0) is 102. The molecule has 0 spiro atoms. The number of amides is 4. The van der Waals surface area contributed by atoms with Crippen molar-refractivity contribution in [2.24, 2.45) is 0 Å². The second-order valence-electron chi connectivity index (χ2n) is 26.8. The van der Waals surface area contributed by atoms with Crippen LogP contribution in [0.5, 0.6) is 0 Å². The van der Waals surface area contributed by atoms with E-state index in [1.54, 1.807) is 9.97 Å². The third kappa shape index (κ3) is 32.0. The number of aliphatic hydroxyl groups excluding tert-OH is 9. The van der Waals surface area contributed by atoms with Gasteiger partial charge in [-0.05, 0) is 22.5 Å². The van der Waals surface area contributed by atoms with Crippen LogP contribution in [0.25, 0.3) is 0 Å². The van der Waals surface area contributed by atoms with E-state index < -0.39 is 314 Å². The van der Waals surface area contributed by atoms with Crippen molar-refractivity contribution in [3.8, 4) is 0 Å². The fourth-order valence-electron chi connectivity index (χ4n) is 11.2. The van der Waals surface area contributed by atoms with Crippen LogP contribution in [-0.2, 0) is 131 Å². The number of phosphoric ester groups is 1. The van der Waals surface area contributed by atoms with E-state index in [0.717, 1.165) is 33.5 Å². The van der Waals surface area contributed by atoms with Crippen LogP contribution in [0, 0.1) is 0 Å². The van der Waals surface area contributed by atoms with Gasteiger partial charge in [-0.25, -0.2) is 46.6 Å². The highest BCUT2D eigenvalue weighted by molar-refractivity contribution is 8.05. The first-order valence-electron chi connectivity index (χ1n) is 35.2. The molecule has 79 heteroatoms. The number of hydrogen-bond donors (Lipinski definition) is 19. The molecular weight excluding hydrogens is 2070 g/mol. The van der Waals surface area contributed by atoms with Crippen molar-refractivity contribution in [1.82, 2.24) is 57.8 Å². The third-order valence-corrected chi connectivity index (χ3v) is 27.2. The van der Waals surface area contributed by atoms with Crippen molar-refractivity contribution in [2.75, 3.05) is 54.6 Å². The zero-order valence-electron chi connectivity index (χ0n) is 66.6. The van der Waals surface area contributed by atoms with Gasteiger partial charge in [-0.15, -0.1) is 0 Å². The molecule has 4 aromatic heterocycles. The maximum absolute atomic E-state index is 12.6. The third-order valence-electron chi connectivity index (χ3n) is 17.0. The molecule has 0 bridgehead atoms. The fraction of sp³-hybridized carbons (Fsp3) is 0.630. The normalized spacial score (nSPS) is 28.2. The maximum atomic E-state index is 12.6. The summed E-state index contributed by atoms with van der Waals surface area (Å²) < 4.78 is 286. The monoisotopic (exact) mass is 2140 g/mol. The molecule has 58 nitrogen and oxygen atoms in total. The molecule has 0 saturated carbocycles. The van der Waals surface area contributed by atoms with Crippen molar-refractivity contribution < 1.29 is 233 Å². The number of ether oxygens (including phenoxy) is 4. The summed E-state index contributed by atoms with van der Waals surface area (Å²) in [4.78, 5) is 203. The standard InChI is InChI=1S/C13H15Cl2F3N3O8P.C13H19F3N3O16P3.C13H17F3N3O15P3.C13H16F3N3O7.C2H6/c1-20(11(25)13(16,17)18)2-5-3-21(12(26)19-9(5)24)10-8(23)7(22)6(29-10)4-28-30(14,15)27;1-18(11(23)13(14,15)16)2-5-3-19(12(24)17-9(5)22)10-8(21)7(20)6(33-10)4-32-37(28,29)35-38(30,31)34-36(25,26)27;1-18(11(23)13(14,15)16)2-5-3-19(12(24)17-9(5)22)10-8(21)7(20)6(31-10)4-30-37(29)33-35(25,26)32-36(27,28)34-37;1-18(11(24)13(14,15)16)2-5-3-19(12(25)17-9(5)23)10-8(22)7(21)6(4-20)26-10;1-2/h3,6-8,10,22-23H,2,4H2,1H3,(H,19,24,26);3,6-8,10,20-21H,2,4H2,1H3,(H,28,29)(H,30,31)(H,17,22,24)(H2,25,26,27);3,6-8,10,20-21H,2,4H2,1H3,(H,25,26)(H,27,28)(H,17,22,24);3,6-8,10,20-22H,2,4H2,1H3,(H,17,23,25);1-2H3/t4*6-,7+,8?,10-;/m1111./s1. The van der Waals surface area contributed by atoms with Crippen molar-refractivity contribution in [3.63, 3.8) is 0 Å². The number of phosphoric acid groups is 6. The van der Waals surface area contributed by atoms with Gasteiger partial charge in [-0.1, -0.05) is 13.8 Å². The fourth-order valence-corrected chi connectivity index (χ4v) is 19.8. The second kappa shape index (κ2) is 44.8. The minimum atomic E-state index is -5.86. The smallest absolute Gasteiger partial charge is 0.394 e. The van der Waals surface area contributed by atoms with Crippen molar-refractivity contribution in [2.45, 2.75) is 163 Å². The molecule has 20 atom stereocenters. The maximum Gasteiger partial charge on any atom is 0.492 e. The summed E-state index contributed by atoms with van der Waals surface area (Å²) in [5, 5.41) is 89.7. The minimum Gasteiger partial charge on any atom is -0.394 e. The van der Waals surface area contributed by atoms with E-state index >= 15 is 0 Å². The SMILES string of the molecule is CC.CN(Cc1cn([C@@H]2O[C@H](CO)[C@H](O)C2O)c(=O)[nH]c1=O)C(=O)C(F)(F)F.CN(Cc1cn([C@@H]2O[C@H](COP(=O)(Cl)Cl)[C@H](O)C2O)c(=O)[nH]c1=O)C(=O)C(F)(F)F.CN(Cc1cn([C@@H]2O[C@H](COP(=O)(O)OP(=O)(O)OP(=O)(O)O)[C@H](O)C2O)c(=O)[nH]c1=O)C(=O)C(F)(F)F.CN(Cc1cn([C@@H]2O[C@H](COP3(=O)OP(=O)(O)OP(=O)(O)O3)[C@H](O)C2O)c(=O)[nH]c1=O)C(=O)C(F)(F)F. The number of nitrogens with one attached hydrogen (secondary N) is 4. The van der Waals surface area contributed by atoms with Gasteiger partial charge in [0.05, 0.1) is 74.9 Å². The van der Waals surface area contributed by atoms with E-state index in [4.69, 9.17) is 61.2 Å². The van der Waals surface area contributed by atoms with E-state index in [0.29, 0.717) is 37.7 Å². The highest BCUT2D eigenvalue weighted by atomic mass is 35.9. The lowest BCUT2D eigenvalue weighted by atomic mass is 10.1. The molecule has 5 saturated heterocycles. The lowest BCUT2D eigenvalue weighted by molar-refractivity contribution is -0.184. The number of carbonyl (C=O) groups excluding carboxylic acids is 4. The number of halogens is 14. The Balaban J connectivity index is 0.000000315. The minimum absolute atomic E-state index is 0.103. The zero-order valence-corrected chi connectivity index (χ0v) is 74.3. The van der Waals surface area contributed by atoms with Crippen LogP contribution in [0.15, 0.2) is 63.1 Å². The average Bonchev–Trinajstić information content (AvgIpc) is 1.57. The number of H-pyrrole nitrogens is 4. The number of aromatic amines is 4. The summed E-state index contributed by atoms with van der Waals surface area (Å²) in [5.41, 5.74) is -11.2. The molecule has 5 aliphatic heterocycles. The van der Waals surface area contributed by atoms with Crippen LogP contribution >= 0.6 is 75.5 Å². The van der Waals surface area contributed by atoms with Gasteiger partial charge in [-0.3, -0.25) is 90.2 Å². The lowest BCUT2D eigenvalue weighted by Crippen LogP contribution is -2.42. The molecule has 9 rings (SSSR count). The predicted octanol–water partition coefficient (Wildman–Crippen LogP) is -3.94. The Labute approximate surface area is 735 Å². The first kappa shape index (κ1) is 116. The number of hydrogen-bond acceptors (Lipinski definition) is 40. The van der Waals surface area contributed by atoms with Crippen LogP contribution in [0.1, 0.15) is 61.0 Å². The number of nitrogens with zero attached hydrogens (tertiary/aromatic N) is 8. The first-order chi connectivity index (χ1) is 60.3. The summed E-state index contributed by atoms with van der Waals surface area (Å²) in [6.45, 7) is -3.14. The predicted molar refractivity (Wildman–Crippen MR) is 399 cm³/mol. The summed E-state index contributed by atoms with van der Waals surface area (Å²) in [7, 11) is -30.2. The molecule has 0 radical (unpaired) electrons. The van der Waals surface area contributed by atoms with Crippen molar-refractivity contribution >= 4 is 99.1 Å². The first-order valence-corrected chi connectivity index (χ1v) is 47.6. The molecule has 758 valence electrons. The molecule has 5 aliphatic rings. The van der Waals surface area contributed by atoms with E-state index in [1.807, 2.05) is 23.8 Å². The van der Waals surface area contributed by atoms with E-state index in [1.165, 1.54) is 0 Å². The molecule has 133 heavy (non-hydrogen) atoms. The molecule has 4 aromatic rings. The number of aromatic nitrogens is 8. The average molecular weight is 2140 g/mol. The van der Waals surface area contributed by atoms with Gasteiger partial charge in [0.25, 0.3) is 22.2 Å². The largest absolute Gasteiger partial charge is 0.492 e. The summed E-state index contributed by atoms with van der Waals surface area (Å²) >= 11 is 10.4. The van der Waals surface area contributed by atoms with Gasteiger partial charge < -0.3 is 118 Å². The molecule has 4 amide bonds. The van der Waals surface area contributed by atoms with Crippen LogP contribution in [-0.4, -0.2) is 309 Å². The number of carbonyl (C=O) groups is 4. The van der Waals surface area contributed by atoms with Crippen molar-refractivity contribution in [3.05, 3.63) is 130 Å². The molecule has 9 heterocycles. The Morgan fingerprint density at radius 2 is 0.654 bits per heavy atom. The summed E-state index contributed by atoms with van der Waals surface area (Å²) in [6.07, 6.45) is -49.5. The molecule has 0 aromatic carbocycles. The molecule has 0 aliphatic carbocycles. The number of rotatable bonds is 26. The lowest BCUT2D eigenvalue weighted by Gasteiger charge is -2.27. The Kier molecular flexibility index (Phi) is 39.2. The van der Waals surface area contributed by atoms with Gasteiger partial charge in [-0.2, -0.15) is 74.2 Å². The molecular formula is C54H73Cl2F12N12O46P7. The van der Waals surface area contributed by atoms with Crippen LogP contribution < -0.4 is 45.0 Å². The van der Waals surface area contributed by atoms with Gasteiger partial charge in [0, 0.05) is 53.0 Å². The van der Waals surface area contributed by atoms with Crippen molar-refractivity contribution in [1.29, 1.82) is 0 Å². The van der Waals surface area contributed by atoms with Crippen LogP contribution in [0.3, 0.4) is 0 Å². The highest BCUT2D eigenvalue weighted by Crippen LogP contribution is 2.80. The summed E-state index contributed by atoms with van der Waals surface area (Å²) in [5.74, 6) is -9.05. The number of aliphatic hydroxyl groups is 9. The second-order valence-corrected chi connectivity index (χ2v) is 40.5. The van der Waals surface area contributed by atoms with Gasteiger partial charge in [0.1, 0.15) is 73.2 Å². The molecule has 5 fully saturated rings. The van der Waals surface area contributed by atoms with Crippen LogP contribution in [0.2, 0.25) is 0 Å². The Hall–Kier alpha value is -7.13. The van der Waals surface area contributed by atoms with E-state index in [-0.39, 0.29) is 25.2 Å². The topological polar surface area (TPSA) is 834 Å². The quantitative estimate of drug-likeness (QED) is 0.0211.